The summed E-state index contributed by atoms with van der Waals surface area (Å²) in [6, 6.07) is 13.4. The summed E-state index contributed by atoms with van der Waals surface area (Å²) >= 11 is 0. The van der Waals surface area contributed by atoms with Crippen LogP contribution in [0.5, 0.6) is 5.75 Å². The van der Waals surface area contributed by atoms with E-state index in [0.29, 0.717) is 197 Å². The normalized spacial score (nSPS) is 17.9. The van der Waals surface area contributed by atoms with Crippen LogP contribution in [0.15, 0.2) is 59.5 Å². The number of fused-ring (bicyclic) bond motifs is 5. The highest BCUT2D eigenvalue weighted by molar-refractivity contribution is 6.03. The predicted octanol–water partition coefficient (Wildman–Crippen LogP) is 8.75. The highest BCUT2D eigenvalue weighted by Gasteiger charge is 2.49. The number of aryl methyl sites for hydroxylation is 2. The molecule has 3 amide bonds. The zero-order valence-corrected chi connectivity index (χ0v) is 62.6. The van der Waals surface area contributed by atoms with E-state index in [2.05, 4.69) is 22.6 Å². The van der Waals surface area contributed by atoms with Crippen molar-refractivity contribution in [2.75, 3.05) is 131 Å². The van der Waals surface area contributed by atoms with Gasteiger partial charge >= 0.3 is 6.16 Å². The van der Waals surface area contributed by atoms with Crippen LogP contribution in [0.2, 0.25) is 0 Å². The molecule has 107 heavy (non-hydrogen) atoms. The molecule has 3 atom stereocenters. The number of aromatic hydroxyl groups is 1. The molecule has 1 saturated carbocycles. The molecule has 1 saturated heterocycles. The first-order valence-electron chi connectivity index (χ1n) is 38.2. The van der Waals surface area contributed by atoms with Crippen molar-refractivity contribution in [3.8, 4) is 17.1 Å². The molecule has 2 N–H and O–H groups in total. The van der Waals surface area contributed by atoms with Crippen LogP contribution in [-0.4, -0.2) is 207 Å². The van der Waals surface area contributed by atoms with Crippen LogP contribution in [0.1, 0.15) is 158 Å². The van der Waals surface area contributed by atoms with Crippen molar-refractivity contribution in [1.29, 1.82) is 0 Å². The second-order valence-corrected chi connectivity index (χ2v) is 27.8. The smallest absolute Gasteiger partial charge is 0.508 e. The number of carbonyl (C=O) groups is 8. The van der Waals surface area contributed by atoms with E-state index < -0.39 is 17.7 Å². The molecule has 5 aromatic rings. The summed E-state index contributed by atoms with van der Waals surface area (Å²) in [6.45, 7) is 14.7. The number of unbranched alkanes of at least 4 members (excludes halogenated alkanes) is 2. The number of nitrogens with zero attached hydrogens (tertiary/aromatic N) is 6. The molecule has 584 valence electrons. The third-order valence-electron chi connectivity index (χ3n) is 20.1. The van der Waals surface area contributed by atoms with E-state index >= 15 is 0 Å². The van der Waals surface area contributed by atoms with Crippen LogP contribution in [0.3, 0.4) is 0 Å². The van der Waals surface area contributed by atoms with Gasteiger partial charge in [-0.1, -0.05) is 64.3 Å². The number of imide groups is 1. The van der Waals surface area contributed by atoms with Crippen molar-refractivity contribution in [3.05, 3.63) is 98.6 Å². The van der Waals surface area contributed by atoms with E-state index in [1.807, 2.05) is 13.1 Å². The molecule has 2 aromatic carbocycles. The van der Waals surface area contributed by atoms with Crippen LogP contribution in [0.25, 0.3) is 22.3 Å². The number of ketones is 4. The number of phenolic OH excluding ortho intramolecular Hbond substituents is 1. The van der Waals surface area contributed by atoms with Crippen molar-refractivity contribution < 1.29 is 95.6 Å². The number of pyridine rings is 2. The van der Waals surface area contributed by atoms with Gasteiger partial charge in [-0.2, -0.15) is 0 Å². The molecular weight excluding hydrogens is 1380 g/mol. The third kappa shape index (κ3) is 24.5. The van der Waals surface area contributed by atoms with Gasteiger partial charge in [-0.05, 0) is 111 Å². The largest absolute Gasteiger partial charge is 0.509 e. The fourth-order valence-electron chi connectivity index (χ4n) is 14.2. The number of Topliss-reactive ketones (excluding diaryl/α,β-unsaturated/α-hetero) is 4. The van der Waals surface area contributed by atoms with Gasteiger partial charge in [0.2, 0.25) is 17.7 Å². The minimum Gasteiger partial charge on any atom is -0.508 e. The van der Waals surface area contributed by atoms with Gasteiger partial charge < -0.3 is 67.1 Å². The highest BCUT2D eigenvalue weighted by Crippen LogP contribution is 2.43. The van der Waals surface area contributed by atoms with Crippen LogP contribution < -0.4 is 10.9 Å². The first kappa shape index (κ1) is 83.0. The minimum atomic E-state index is -1.77. The minimum absolute atomic E-state index is 0.00138. The van der Waals surface area contributed by atoms with Crippen molar-refractivity contribution in [2.24, 2.45) is 23.7 Å². The lowest BCUT2D eigenvalue weighted by molar-refractivity contribution is -0.144. The molecule has 3 unspecified atom stereocenters. The lowest BCUT2D eigenvalue weighted by atomic mass is 9.76. The van der Waals surface area contributed by atoms with Crippen molar-refractivity contribution in [2.45, 2.75) is 169 Å². The van der Waals surface area contributed by atoms with E-state index in [1.54, 1.807) is 71.6 Å². The summed E-state index contributed by atoms with van der Waals surface area (Å²) in [4.78, 5) is 125. The average molecular weight is 1490 g/mol. The molecule has 3 aromatic heterocycles. The molecule has 2 aliphatic heterocycles. The van der Waals surface area contributed by atoms with E-state index in [1.165, 1.54) is 4.90 Å². The number of ether oxygens (including phenoxy) is 11. The Hall–Kier alpha value is -8.06. The number of hydrogen-bond acceptors (Lipinski definition) is 24. The number of aromatic nitrogens is 5. The predicted molar refractivity (Wildman–Crippen MR) is 391 cm³/mol. The summed E-state index contributed by atoms with van der Waals surface area (Å²) in [7, 11) is 0. The first-order chi connectivity index (χ1) is 52.0. The number of rotatable bonds is 51. The number of amides is 3. The Labute approximate surface area is 624 Å². The zero-order chi connectivity index (χ0) is 75.9. The standard InChI is InChI=1S/C79H107N7O21/c1-5-8-9-11-58(75(93)80-59-19-15-56(16-20-59)51-106-78(96)107-79(7-3)68-47-70-74-67(50-85(70)77(95)65(68)23-26-72(79)91)64(6-2)66-46-61(87)22-24-69(66)81-74)45-63(89)53-105-52-62(88)12-10-28-97-30-32-99-34-36-101-38-40-103-42-43-104-41-39-102-37-35-100-33-31-98-29-27-84-49-60(82-83-84)21-25-71(90)57-17-13-55(14-18-57)48-86-73(92)44-54(4)76(86)94/h15-16,19-20,22,24,46-47,49,54-55,57-58,87H,5-14,17-18,21,23,25-45,48,50-53H2,1-4H3,(H,80,93). The molecule has 0 bridgehead atoms. The van der Waals surface area contributed by atoms with Gasteiger partial charge in [0.05, 0.1) is 135 Å². The van der Waals surface area contributed by atoms with E-state index in [0.717, 1.165) is 67.2 Å². The molecule has 2 aliphatic carbocycles. The van der Waals surface area contributed by atoms with Gasteiger partial charge in [-0.3, -0.25) is 43.3 Å². The number of hydrogen-bond donors (Lipinski definition) is 2. The Morgan fingerprint density at radius 1 is 0.692 bits per heavy atom. The van der Waals surface area contributed by atoms with Crippen molar-refractivity contribution in [1.82, 2.24) is 29.4 Å². The summed E-state index contributed by atoms with van der Waals surface area (Å²) in [5, 5.41) is 22.4. The Bertz CT molecular complexity index is 3830. The third-order valence-corrected chi connectivity index (χ3v) is 20.1. The van der Waals surface area contributed by atoms with E-state index in [9.17, 15) is 48.3 Å². The van der Waals surface area contributed by atoms with Gasteiger partial charge in [0.25, 0.3) is 5.56 Å². The Kier molecular flexibility index (Phi) is 33.5. The number of benzene rings is 2. The SMILES string of the molecule is CCCCCC(CC(=O)COCC(=O)CCCOCCOCCOCCOCCOCCOCCOCCOCCn1cc(CCC(=O)C2CCC(CN3C(=O)CC(C)C3=O)CC2)nn1)C(=O)Nc1ccc(COC(=O)OC2(CC)C(=O)CCc3c2cc2n(c3=O)Cc3c-2nc2ccc(O)cc2c3CC)cc1. The summed E-state index contributed by atoms with van der Waals surface area (Å²) < 4.78 is 65.1. The zero-order valence-electron chi connectivity index (χ0n) is 62.6. The molecule has 4 aliphatic rings. The lowest BCUT2D eigenvalue weighted by Gasteiger charge is -2.36. The molecule has 0 radical (unpaired) electrons. The highest BCUT2D eigenvalue weighted by atomic mass is 16.7. The summed E-state index contributed by atoms with van der Waals surface area (Å²) in [5.41, 5.74) is 4.09. The number of likely N-dealkylation sites (tertiary alicyclic amines) is 1. The lowest BCUT2D eigenvalue weighted by Crippen LogP contribution is -2.46. The number of anilines is 1. The maximum Gasteiger partial charge on any atom is 0.509 e. The Balaban J connectivity index is 0.527. The van der Waals surface area contributed by atoms with Crippen molar-refractivity contribution in [3.63, 3.8) is 0 Å². The Morgan fingerprint density at radius 3 is 1.94 bits per heavy atom. The van der Waals surface area contributed by atoms with Crippen LogP contribution >= 0.6 is 0 Å². The van der Waals surface area contributed by atoms with E-state index in [-0.39, 0.29) is 128 Å². The monoisotopic (exact) mass is 1490 g/mol. The topological polar surface area (TPSA) is 339 Å². The quantitative estimate of drug-likeness (QED) is 0.0205. The molecule has 0 spiro atoms. The van der Waals surface area contributed by atoms with Crippen LogP contribution in [0.4, 0.5) is 10.5 Å². The molecular formula is C79H107N7O21. The second-order valence-electron chi connectivity index (χ2n) is 27.8. The molecule has 9 rings (SSSR count). The van der Waals surface area contributed by atoms with Gasteiger partial charge in [-0.15, -0.1) is 5.10 Å². The average Bonchev–Trinajstić information content (AvgIpc) is 1.61. The van der Waals surface area contributed by atoms with E-state index in [4.69, 9.17) is 57.1 Å². The molecule has 28 nitrogen and oxygen atoms in total. The second kappa shape index (κ2) is 43.2. The fourth-order valence-corrected chi connectivity index (χ4v) is 14.2. The molecule has 5 heterocycles. The summed E-state index contributed by atoms with van der Waals surface area (Å²) in [6.07, 6.45) is 9.84. The number of carbonyl (C=O) groups excluding carboxylic acids is 8. The van der Waals surface area contributed by atoms with Gasteiger partial charge in [0.15, 0.2) is 23.0 Å². The van der Waals surface area contributed by atoms with Crippen molar-refractivity contribution >= 4 is 63.6 Å². The fraction of sp³-hybridized carbons (Fsp3) is 0.620. The number of nitrogens with one attached hydrogen (secondary N) is 1. The molecule has 2 fully saturated rings. The van der Waals surface area contributed by atoms with Gasteiger partial charge in [-0.25, -0.2) is 14.5 Å². The van der Waals surface area contributed by atoms with Gasteiger partial charge in [0, 0.05) is 103 Å². The number of phenols is 1. The van der Waals surface area contributed by atoms with Crippen LogP contribution in [0, 0.1) is 23.7 Å². The molecule has 28 heteroatoms. The maximum absolute atomic E-state index is 14.2. The maximum atomic E-state index is 14.2. The summed E-state index contributed by atoms with van der Waals surface area (Å²) in [5.74, 6) is -1.52. The van der Waals surface area contributed by atoms with Gasteiger partial charge in [0.1, 0.15) is 31.4 Å². The Morgan fingerprint density at radius 2 is 1.33 bits per heavy atom. The first-order valence-corrected chi connectivity index (χ1v) is 38.2. The van der Waals surface area contributed by atoms with Crippen LogP contribution in [-0.2, 0) is 130 Å².